The summed E-state index contributed by atoms with van der Waals surface area (Å²) in [7, 11) is -6.02. The predicted octanol–water partition coefficient (Wildman–Crippen LogP) is 11.4. The van der Waals surface area contributed by atoms with Crippen LogP contribution in [0.1, 0.15) is 76.9 Å². The van der Waals surface area contributed by atoms with Crippen molar-refractivity contribution in [2.75, 3.05) is 136 Å². The Morgan fingerprint density at radius 2 is 0.721 bits per heavy atom. The van der Waals surface area contributed by atoms with Gasteiger partial charge >= 0.3 is 0 Å². The molecule has 9 aromatic rings. The SMILES string of the molecule is CCc1ccc(NS(=O)(=O)c2ccc(Cc3ccc(N4CCN(C(=O)c5cc(S(=O)(=O)Nc6ccc(OC)cc6)ccc5C)CC4)c(OC)c3)c(C(=O)N3CCN(c4ccc(Cc5ccc(S(=O)(=O)Nc6ccc(C)cc6)cc5C(=O)N5CCN(c6ccccc6OC)CC5)cc4OC)CC3)c2)cc1. The van der Waals surface area contributed by atoms with Gasteiger partial charge in [0.2, 0.25) is 0 Å². The lowest BCUT2D eigenvalue weighted by atomic mass is 9.97. The topological polar surface area (TPSA) is 246 Å². The number of hydrogen-bond donors (Lipinski definition) is 3. The van der Waals surface area contributed by atoms with Gasteiger partial charge in [0, 0.05) is 112 Å². The van der Waals surface area contributed by atoms with Crippen molar-refractivity contribution in [2.24, 2.45) is 0 Å². The molecular weight excluding hydrogens is 1380 g/mol. The van der Waals surface area contributed by atoms with E-state index < -0.39 is 30.1 Å². The van der Waals surface area contributed by atoms with E-state index in [-0.39, 0.29) is 75.0 Å². The molecule has 104 heavy (non-hydrogen) atoms. The molecule has 0 aromatic heterocycles. The second-order valence-corrected chi connectivity index (χ2v) is 31.0. The standard InChI is InChI=1S/C79H85N9O13S3/c1-8-56-16-24-62(25-17-56)81-104(96,97)67-32-21-60(48-57-18-33-72(75(49-57)100-6)84-37-41-86(42-38-84)77(89)68-51-65(30-15-55(68)3)102(92,93)82-63-26-28-64(98-4)29-27-63)70(53-67)79(91)88-45-39-85(40-46-88)73-34-19-58(50-76(73)101-7)47-59-20-31-66(103(94,95)80-61-22-13-54(2)14-23-61)52-69(59)78(90)87-43-35-83(36-44-87)71-11-9-10-12-74(71)99-5/h9-34,49-53,80-82H,8,35-48H2,1-7H3. The number of aryl methyl sites for hydroxylation is 3. The fourth-order valence-corrected chi connectivity index (χ4v) is 16.6. The lowest BCUT2D eigenvalue weighted by Gasteiger charge is -2.37. The van der Waals surface area contributed by atoms with Gasteiger partial charge in [0.1, 0.15) is 23.0 Å². The van der Waals surface area contributed by atoms with Crippen molar-refractivity contribution >= 4 is 81.9 Å². The molecule has 0 bridgehead atoms. The number of hydrogen-bond acceptors (Lipinski definition) is 16. The van der Waals surface area contributed by atoms with Gasteiger partial charge < -0.3 is 48.3 Å². The number of benzene rings is 9. The summed E-state index contributed by atoms with van der Waals surface area (Å²) in [6.07, 6.45) is 1.29. The van der Waals surface area contributed by atoms with Crippen molar-refractivity contribution in [3.63, 3.8) is 0 Å². The molecule has 22 nitrogen and oxygen atoms in total. The van der Waals surface area contributed by atoms with E-state index in [1.165, 1.54) is 43.5 Å². The van der Waals surface area contributed by atoms with Gasteiger partial charge in [-0.1, -0.05) is 79.2 Å². The fourth-order valence-electron chi connectivity index (χ4n) is 13.4. The molecule has 3 aliphatic heterocycles. The summed E-state index contributed by atoms with van der Waals surface area (Å²) in [6.45, 7) is 10.5. The number of amides is 3. The van der Waals surface area contributed by atoms with Gasteiger partial charge in [-0.15, -0.1) is 0 Å². The van der Waals surface area contributed by atoms with Crippen molar-refractivity contribution in [3.8, 4) is 23.0 Å². The molecule has 0 spiro atoms. The highest BCUT2D eigenvalue weighted by atomic mass is 32.2. The number of methoxy groups -OCH3 is 4. The molecule has 25 heteroatoms. The quantitative estimate of drug-likeness (QED) is 0.0509. The summed E-state index contributed by atoms with van der Waals surface area (Å²) in [6, 6.07) is 53.9. The number of nitrogens with zero attached hydrogens (tertiary/aromatic N) is 6. The van der Waals surface area contributed by atoms with Crippen LogP contribution in [0.25, 0.3) is 0 Å². The van der Waals surface area contributed by atoms with Crippen LogP contribution >= 0.6 is 0 Å². The zero-order valence-corrected chi connectivity index (χ0v) is 61.7. The van der Waals surface area contributed by atoms with E-state index in [0.29, 0.717) is 116 Å². The number of carbonyl (C=O) groups is 3. The Morgan fingerprint density at radius 3 is 1.12 bits per heavy atom. The molecule has 0 radical (unpaired) electrons. The molecule has 3 aliphatic rings. The molecular formula is C79H85N9O13S3. The first-order valence-corrected chi connectivity index (χ1v) is 38.8. The highest BCUT2D eigenvalue weighted by molar-refractivity contribution is 7.93. The van der Waals surface area contributed by atoms with Crippen LogP contribution in [0.5, 0.6) is 23.0 Å². The summed E-state index contributed by atoms with van der Waals surface area (Å²) in [4.78, 5) is 55.6. The van der Waals surface area contributed by atoms with Crippen LogP contribution in [0.2, 0.25) is 0 Å². The zero-order chi connectivity index (χ0) is 73.5. The molecule has 0 aliphatic carbocycles. The third-order valence-corrected chi connectivity index (χ3v) is 23.5. The predicted molar refractivity (Wildman–Crippen MR) is 405 cm³/mol. The molecule has 0 unspecified atom stereocenters. The third kappa shape index (κ3) is 16.5. The zero-order valence-electron chi connectivity index (χ0n) is 59.2. The summed E-state index contributed by atoms with van der Waals surface area (Å²) >= 11 is 0. The first-order chi connectivity index (χ1) is 50.0. The number of anilines is 6. The van der Waals surface area contributed by atoms with Crippen molar-refractivity contribution in [1.82, 2.24) is 14.7 Å². The van der Waals surface area contributed by atoms with Gasteiger partial charge in [-0.05, 0) is 188 Å². The van der Waals surface area contributed by atoms with Crippen LogP contribution < -0.4 is 47.8 Å². The Labute approximate surface area is 608 Å². The van der Waals surface area contributed by atoms with Crippen molar-refractivity contribution in [3.05, 3.63) is 244 Å². The lowest BCUT2D eigenvalue weighted by molar-refractivity contribution is 0.0738. The third-order valence-electron chi connectivity index (χ3n) is 19.3. The second kappa shape index (κ2) is 31.5. The van der Waals surface area contributed by atoms with E-state index in [1.54, 1.807) is 110 Å². The van der Waals surface area contributed by atoms with Gasteiger partial charge in [-0.3, -0.25) is 28.5 Å². The average molecular weight is 1460 g/mol. The van der Waals surface area contributed by atoms with Crippen molar-refractivity contribution in [1.29, 1.82) is 0 Å². The number of sulfonamides is 3. The smallest absolute Gasteiger partial charge is 0.261 e. The van der Waals surface area contributed by atoms with Gasteiger partial charge in [0.05, 0.1) is 60.2 Å². The summed E-state index contributed by atoms with van der Waals surface area (Å²) in [5.41, 5.74) is 9.88. The molecule has 0 atom stereocenters. The first kappa shape index (κ1) is 73.0. The van der Waals surface area contributed by atoms with Crippen LogP contribution in [0, 0.1) is 13.8 Å². The van der Waals surface area contributed by atoms with Gasteiger partial charge in [0.15, 0.2) is 0 Å². The highest BCUT2D eigenvalue weighted by Crippen LogP contribution is 2.37. The Balaban J connectivity index is 0.746. The maximum absolute atomic E-state index is 15.2. The number of piperazine rings is 3. The van der Waals surface area contributed by atoms with Crippen LogP contribution in [0.3, 0.4) is 0 Å². The fraction of sp³-hybridized carbons (Fsp3) is 0.278. The average Bonchev–Trinajstić information content (AvgIpc) is 0.797. The summed E-state index contributed by atoms with van der Waals surface area (Å²) < 4.78 is 114. The first-order valence-electron chi connectivity index (χ1n) is 34.4. The summed E-state index contributed by atoms with van der Waals surface area (Å²) in [5, 5.41) is 0. The highest BCUT2D eigenvalue weighted by Gasteiger charge is 2.32. The number of nitrogens with one attached hydrogen (secondary N) is 3. The normalized spacial score (nSPS) is 14.4. The minimum Gasteiger partial charge on any atom is -0.497 e. The monoisotopic (exact) mass is 1460 g/mol. The number of ether oxygens (including phenoxy) is 4. The van der Waals surface area contributed by atoms with Crippen molar-refractivity contribution in [2.45, 2.75) is 54.7 Å². The number of rotatable bonds is 24. The molecule has 0 saturated carbocycles. The number of carbonyl (C=O) groups excluding carboxylic acids is 3. The second-order valence-electron chi connectivity index (χ2n) is 26.0. The number of para-hydroxylation sites is 2. The van der Waals surface area contributed by atoms with E-state index in [0.717, 1.165) is 51.5 Å². The molecule has 12 rings (SSSR count). The van der Waals surface area contributed by atoms with Crippen LogP contribution in [0.4, 0.5) is 34.1 Å². The van der Waals surface area contributed by atoms with Crippen LogP contribution in [-0.2, 0) is 49.3 Å². The molecule has 3 heterocycles. The van der Waals surface area contributed by atoms with E-state index in [2.05, 4.69) is 28.9 Å². The molecule has 3 saturated heterocycles. The maximum atomic E-state index is 15.2. The van der Waals surface area contributed by atoms with Gasteiger partial charge in [-0.2, -0.15) is 0 Å². The Morgan fingerprint density at radius 1 is 0.365 bits per heavy atom. The van der Waals surface area contributed by atoms with Gasteiger partial charge in [0.25, 0.3) is 47.8 Å². The van der Waals surface area contributed by atoms with Crippen molar-refractivity contribution < 1.29 is 58.6 Å². The van der Waals surface area contributed by atoms with E-state index in [9.17, 15) is 34.8 Å². The largest absolute Gasteiger partial charge is 0.497 e. The molecule has 3 amide bonds. The minimum absolute atomic E-state index is 0.0438. The lowest BCUT2D eigenvalue weighted by Crippen LogP contribution is -2.49. The molecule has 9 aromatic carbocycles. The Hall–Kier alpha value is -10.8. The van der Waals surface area contributed by atoms with Gasteiger partial charge in [-0.25, -0.2) is 25.3 Å². The molecule has 3 fully saturated rings. The minimum atomic E-state index is -4.18. The van der Waals surface area contributed by atoms with E-state index in [1.807, 2.05) is 98.8 Å². The Kier molecular flexibility index (Phi) is 22.1. The van der Waals surface area contributed by atoms with Crippen LogP contribution in [-0.4, -0.2) is 165 Å². The van der Waals surface area contributed by atoms with Crippen LogP contribution in [0.15, 0.2) is 203 Å². The summed E-state index contributed by atoms with van der Waals surface area (Å²) in [5.74, 6) is 1.51. The van der Waals surface area contributed by atoms with E-state index >= 15 is 4.79 Å². The maximum Gasteiger partial charge on any atom is 0.261 e. The molecule has 3 N–H and O–H groups in total. The van der Waals surface area contributed by atoms with E-state index in [4.69, 9.17) is 18.9 Å². The Bertz CT molecular complexity index is 5000. The molecule has 542 valence electrons.